The number of benzene rings is 1. The van der Waals surface area contributed by atoms with Gasteiger partial charge in [0.2, 0.25) is 0 Å². The number of hydrogen-bond acceptors (Lipinski definition) is 2. The van der Waals surface area contributed by atoms with Crippen LogP contribution in [0.2, 0.25) is 0 Å². The smallest absolute Gasteiger partial charge is 0.146 e. The molecule has 3 heteroatoms. The largest absolute Gasteiger partial charge is 0.366 e. The number of rotatable bonds is 2. The maximum Gasteiger partial charge on any atom is 0.146 e. The van der Waals surface area contributed by atoms with Crippen molar-refractivity contribution in [3.63, 3.8) is 0 Å². The van der Waals surface area contributed by atoms with Crippen LogP contribution >= 0.6 is 0 Å². The molecule has 2 unspecified atom stereocenters. The van der Waals surface area contributed by atoms with Crippen LogP contribution < -0.4 is 10.6 Å². The Kier molecular flexibility index (Phi) is 3.91. The minimum absolute atomic E-state index is 0.139. The Labute approximate surface area is 109 Å². The summed E-state index contributed by atoms with van der Waals surface area (Å²) >= 11 is 0. The lowest BCUT2D eigenvalue weighted by Crippen LogP contribution is -2.43. The van der Waals surface area contributed by atoms with Gasteiger partial charge in [0.1, 0.15) is 5.82 Å². The Morgan fingerprint density at radius 3 is 2.78 bits per heavy atom. The van der Waals surface area contributed by atoms with Crippen molar-refractivity contribution < 1.29 is 4.39 Å². The summed E-state index contributed by atoms with van der Waals surface area (Å²) in [6.45, 7) is 7.26. The molecule has 1 fully saturated rings. The molecule has 3 atom stereocenters. The molecule has 0 radical (unpaired) electrons. The number of nitrogens with zero attached hydrogens (tertiary/aromatic N) is 1. The zero-order valence-corrected chi connectivity index (χ0v) is 11.5. The van der Waals surface area contributed by atoms with Gasteiger partial charge >= 0.3 is 0 Å². The molecule has 0 aromatic heterocycles. The van der Waals surface area contributed by atoms with Crippen molar-refractivity contribution in [2.24, 2.45) is 11.7 Å². The van der Waals surface area contributed by atoms with Gasteiger partial charge in [0.05, 0.1) is 5.69 Å². The second-order valence-corrected chi connectivity index (χ2v) is 5.52. The molecule has 1 aliphatic rings. The van der Waals surface area contributed by atoms with Gasteiger partial charge in [-0.05, 0) is 44.2 Å². The molecule has 1 aliphatic heterocycles. The summed E-state index contributed by atoms with van der Waals surface area (Å²) in [5.41, 5.74) is 7.60. The highest BCUT2D eigenvalue weighted by Gasteiger charge is 2.28. The topological polar surface area (TPSA) is 29.3 Å². The third kappa shape index (κ3) is 2.37. The van der Waals surface area contributed by atoms with E-state index in [1.807, 2.05) is 13.0 Å². The molecule has 2 nitrogen and oxygen atoms in total. The fourth-order valence-corrected chi connectivity index (χ4v) is 2.85. The van der Waals surface area contributed by atoms with E-state index in [2.05, 4.69) is 18.7 Å². The van der Waals surface area contributed by atoms with Crippen molar-refractivity contribution in [3.8, 4) is 0 Å². The highest BCUT2D eigenvalue weighted by atomic mass is 19.1. The quantitative estimate of drug-likeness (QED) is 0.871. The van der Waals surface area contributed by atoms with Gasteiger partial charge < -0.3 is 10.6 Å². The third-order valence-corrected chi connectivity index (χ3v) is 4.17. The van der Waals surface area contributed by atoms with Crippen LogP contribution in [0.15, 0.2) is 18.2 Å². The van der Waals surface area contributed by atoms with Gasteiger partial charge in [-0.2, -0.15) is 0 Å². The highest BCUT2D eigenvalue weighted by Crippen LogP contribution is 2.34. The first-order valence-corrected chi connectivity index (χ1v) is 6.83. The van der Waals surface area contributed by atoms with Gasteiger partial charge in [0.25, 0.3) is 0 Å². The zero-order chi connectivity index (χ0) is 13.3. The maximum absolute atomic E-state index is 14.2. The number of hydrogen-bond donors (Lipinski definition) is 1. The number of halogens is 1. The molecule has 0 spiro atoms. The molecule has 0 aliphatic carbocycles. The van der Waals surface area contributed by atoms with Crippen LogP contribution in [0.25, 0.3) is 0 Å². The van der Waals surface area contributed by atoms with Crippen molar-refractivity contribution in [3.05, 3.63) is 29.6 Å². The molecule has 1 heterocycles. The average Bonchev–Trinajstić information content (AvgIpc) is 2.33. The first-order valence-electron chi connectivity index (χ1n) is 6.83. The second-order valence-electron chi connectivity index (χ2n) is 5.52. The van der Waals surface area contributed by atoms with E-state index in [1.54, 1.807) is 6.07 Å². The van der Waals surface area contributed by atoms with Gasteiger partial charge in [-0.1, -0.05) is 19.1 Å². The minimum Gasteiger partial charge on any atom is -0.366 e. The van der Waals surface area contributed by atoms with Crippen molar-refractivity contribution in [1.29, 1.82) is 0 Å². The van der Waals surface area contributed by atoms with E-state index < -0.39 is 0 Å². The fraction of sp³-hybridized carbons (Fsp3) is 0.600. The Morgan fingerprint density at radius 1 is 1.39 bits per heavy atom. The third-order valence-electron chi connectivity index (χ3n) is 4.17. The van der Waals surface area contributed by atoms with E-state index in [0.29, 0.717) is 17.6 Å². The molecule has 100 valence electrons. The number of para-hydroxylation sites is 1. The van der Waals surface area contributed by atoms with Crippen LogP contribution in [0.1, 0.15) is 45.2 Å². The molecule has 2 rings (SSSR count). The molecule has 1 saturated heterocycles. The average molecular weight is 250 g/mol. The lowest BCUT2D eigenvalue weighted by Gasteiger charge is -2.41. The number of anilines is 1. The van der Waals surface area contributed by atoms with E-state index in [1.165, 1.54) is 12.5 Å². The van der Waals surface area contributed by atoms with Gasteiger partial charge in [-0.3, -0.25) is 0 Å². The first-order chi connectivity index (χ1) is 8.52. The van der Waals surface area contributed by atoms with E-state index in [9.17, 15) is 4.39 Å². The molecule has 0 saturated carbocycles. The van der Waals surface area contributed by atoms with Gasteiger partial charge in [-0.15, -0.1) is 0 Å². The van der Waals surface area contributed by atoms with Gasteiger partial charge in [0.15, 0.2) is 0 Å². The maximum atomic E-state index is 14.2. The highest BCUT2D eigenvalue weighted by molar-refractivity contribution is 5.57. The summed E-state index contributed by atoms with van der Waals surface area (Å²) in [6, 6.07) is 5.45. The Morgan fingerprint density at radius 2 is 2.11 bits per heavy atom. The summed E-state index contributed by atoms with van der Waals surface area (Å²) in [7, 11) is 0. The number of piperidine rings is 1. The fourth-order valence-electron chi connectivity index (χ4n) is 2.85. The van der Waals surface area contributed by atoms with Crippen molar-refractivity contribution in [1.82, 2.24) is 0 Å². The van der Waals surface area contributed by atoms with E-state index in [4.69, 9.17) is 5.73 Å². The summed E-state index contributed by atoms with van der Waals surface area (Å²) in [4.78, 5) is 2.20. The van der Waals surface area contributed by atoms with Crippen molar-refractivity contribution >= 4 is 5.69 Å². The standard InChI is InChI=1S/C15H23FN2/c1-10-6-5-9-18(12(10)3)15-13(11(2)17)7-4-8-14(15)16/h4,7-8,10-12H,5-6,9,17H2,1-3H3/t10?,11-,12?/m0/s1. The Hall–Kier alpha value is -1.09. The zero-order valence-electron chi connectivity index (χ0n) is 11.5. The van der Waals surface area contributed by atoms with Crippen LogP contribution in [0.4, 0.5) is 10.1 Å². The molecular weight excluding hydrogens is 227 g/mol. The van der Waals surface area contributed by atoms with Crippen LogP contribution in [0, 0.1) is 11.7 Å². The summed E-state index contributed by atoms with van der Waals surface area (Å²) < 4.78 is 14.2. The van der Waals surface area contributed by atoms with Crippen LogP contribution in [0.3, 0.4) is 0 Å². The summed E-state index contributed by atoms with van der Waals surface area (Å²) in [5.74, 6) is 0.449. The Balaban J connectivity index is 2.43. The lowest BCUT2D eigenvalue weighted by atomic mass is 9.90. The normalized spacial score (nSPS) is 26.2. The molecular formula is C15H23FN2. The summed E-state index contributed by atoms with van der Waals surface area (Å²) in [6.07, 6.45) is 2.35. The van der Waals surface area contributed by atoms with E-state index in [-0.39, 0.29) is 11.9 Å². The predicted molar refractivity (Wildman–Crippen MR) is 74.2 cm³/mol. The lowest BCUT2D eigenvalue weighted by molar-refractivity contribution is 0.359. The van der Waals surface area contributed by atoms with Gasteiger partial charge in [-0.25, -0.2) is 4.39 Å². The van der Waals surface area contributed by atoms with Crippen molar-refractivity contribution in [2.45, 2.75) is 45.7 Å². The molecule has 0 amide bonds. The van der Waals surface area contributed by atoms with Crippen LogP contribution in [0.5, 0.6) is 0 Å². The van der Waals surface area contributed by atoms with Crippen LogP contribution in [-0.4, -0.2) is 12.6 Å². The summed E-state index contributed by atoms with van der Waals surface area (Å²) in [5, 5.41) is 0. The minimum atomic E-state index is -0.147. The van der Waals surface area contributed by atoms with E-state index >= 15 is 0 Å². The Bertz CT molecular complexity index is 417. The monoisotopic (exact) mass is 250 g/mol. The van der Waals surface area contributed by atoms with Gasteiger partial charge in [0, 0.05) is 18.6 Å². The molecule has 0 bridgehead atoms. The van der Waals surface area contributed by atoms with E-state index in [0.717, 1.165) is 18.5 Å². The number of nitrogens with two attached hydrogens (primary N) is 1. The molecule has 1 aromatic carbocycles. The molecule has 18 heavy (non-hydrogen) atoms. The molecule has 1 aromatic rings. The second kappa shape index (κ2) is 5.27. The first kappa shape index (κ1) is 13.3. The predicted octanol–water partition coefficient (Wildman–Crippen LogP) is 3.47. The van der Waals surface area contributed by atoms with Crippen LogP contribution in [-0.2, 0) is 0 Å². The van der Waals surface area contributed by atoms with Crippen molar-refractivity contribution in [2.75, 3.05) is 11.4 Å². The molecule has 2 N–H and O–H groups in total. The SMILES string of the molecule is CC1CCCN(c2c(F)cccc2[C@H](C)N)C1C.